The smallest absolute Gasteiger partial charge is 0.550 e. The Labute approximate surface area is 158 Å². The molecule has 0 amide bonds. The van der Waals surface area contributed by atoms with E-state index in [9.17, 15) is 9.90 Å². The van der Waals surface area contributed by atoms with Crippen molar-refractivity contribution >= 4 is 28.9 Å². The molecule has 0 spiro atoms. The largest absolute Gasteiger partial charge is 1.00 e. The molecule has 106 valence electrons. The Balaban J connectivity index is 0.00000176. The Bertz CT molecular complexity index is 780. The normalized spacial score (nSPS) is 10.2. The molecule has 22 heavy (non-hydrogen) atoms. The van der Waals surface area contributed by atoms with Gasteiger partial charge in [-0.05, 0) is 18.2 Å². The van der Waals surface area contributed by atoms with Crippen molar-refractivity contribution in [1.82, 2.24) is 0 Å². The van der Waals surface area contributed by atoms with E-state index in [0.29, 0.717) is 15.9 Å². The molecule has 0 fully saturated rings. The fourth-order valence-electron chi connectivity index (χ4n) is 2.10. The minimum absolute atomic E-state index is 0. The van der Waals surface area contributed by atoms with Gasteiger partial charge in [0.25, 0.3) is 0 Å². The first-order chi connectivity index (χ1) is 10.1. The molecule has 0 saturated heterocycles. The van der Waals surface area contributed by atoms with Crippen molar-refractivity contribution in [2.75, 3.05) is 0 Å². The van der Waals surface area contributed by atoms with Gasteiger partial charge < -0.3 is 14.3 Å². The van der Waals surface area contributed by atoms with Gasteiger partial charge in [-0.1, -0.05) is 41.9 Å². The molecule has 2 heterocycles. The van der Waals surface area contributed by atoms with Gasteiger partial charge in [-0.15, -0.1) is 11.3 Å². The number of thiophene rings is 1. The fraction of sp³-hybridized carbons (Fsp3) is 0.0625. The molecule has 3 nitrogen and oxygen atoms in total. The summed E-state index contributed by atoms with van der Waals surface area (Å²) in [6, 6.07) is 15.0. The van der Waals surface area contributed by atoms with E-state index in [1.165, 1.54) is 11.3 Å². The topological polar surface area (TPSA) is 53.3 Å². The summed E-state index contributed by atoms with van der Waals surface area (Å²) in [4.78, 5) is 11.8. The molecule has 1 aromatic carbocycles. The minimum atomic E-state index is -1.17. The number of aliphatic carboxylic acids is 1. The molecule has 6 heteroatoms. The first kappa shape index (κ1) is 17.3. The SMILES string of the molecule is O=C([O-])Cc1oc(-c2ccccc2)cc1-c1ccc(Cl)s1.[Na+]. The number of carboxylic acids is 1. The monoisotopic (exact) mass is 340 g/mol. The number of hydrogen-bond acceptors (Lipinski definition) is 4. The number of rotatable bonds is 4. The second-order valence-electron chi connectivity index (χ2n) is 4.47. The second kappa shape index (κ2) is 7.49. The van der Waals surface area contributed by atoms with E-state index >= 15 is 0 Å². The van der Waals surface area contributed by atoms with Crippen LogP contribution in [0.5, 0.6) is 0 Å². The summed E-state index contributed by atoms with van der Waals surface area (Å²) in [5, 5.41) is 10.9. The van der Waals surface area contributed by atoms with Gasteiger partial charge >= 0.3 is 29.6 Å². The van der Waals surface area contributed by atoms with Crippen LogP contribution in [0.15, 0.2) is 52.9 Å². The number of hydrogen-bond donors (Lipinski definition) is 0. The molecular formula is C16H10ClNaO3S. The van der Waals surface area contributed by atoms with E-state index in [-0.39, 0.29) is 36.0 Å². The zero-order valence-electron chi connectivity index (χ0n) is 11.8. The van der Waals surface area contributed by atoms with Gasteiger partial charge in [0.1, 0.15) is 11.5 Å². The van der Waals surface area contributed by atoms with Crippen LogP contribution in [0.4, 0.5) is 0 Å². The standard InChI is InChI=1S/C16H11ClO3S.Na/c17-15-7-6-14(21-15)11-8-12(10-4-2-1-3-5-10)20-13(11)9-16(18)19;/h1-8H,9H2,(H,18,19);/q;+1/p-1. The predicted molar refractivity (Wildman–Crippen MR) is 81.2 cm³/mol. The van der Waals surface area contributed by atoms with Crippen LogP contribution in [0, 0.1) is 0 Å². The minimum Gasteiger partial charge on any atom is -0.550 e. The number of halogens is 1. The summed E-state index contributed by atoms with van der Waals surface area (Å²) in [5.41, 5.74) is 1.64. The van der Waals surface area contributed by atoms with E-state index < -0.39 is 5.97 Å². The van der Waals surface area contributed by atoms with Crippen LogP contribution in [0.2, 0.25) is 4.34 Å². The first-order valence-electron chi connectivity index (χ1n) is 6.27. The number of carboxylic acid groups (broad SMARTS) is 1. The third-order valence-corrected chi connectivity index (χ3v) is 4.28. The molecule has 0 saturated carbocycles. The molecule has 0 N–H and O–H groups in total. The van der Waals surface area contributed by atoms with E-state index in [1.54, 1.807) is 6.07 Å². The molecule has 2 aromatic heterocycles. The van der Waals surface area contributed by atoms with Crippen molar-refractivity contribution in [3.8, 4) is 21.8 Å². The van der Waals surface area contributed by atoms with Crippen LogP contribution in [-0.4, -0.2) is 5.97 Å². The second-order valence-corrected chi connectivity index (χ2v) is 6.18. The maximum Gasteiger partial charge on any atom is 1.00 e. The van der Waals surface area contributed by atoms with E-state index in [2.05, 4.69) is 0 Å². The molecule has 0 aliphatic rings. The summed E-state index contributed by atoms with van der Waals surface area (Å²) >= 11 is 7.33. The quantitative estimate of drug-likeness (QED) is 0.654. The molecule has 0 unspecified atom stereocenters. The van der Waals surface area contributed by atoms with Crippen molar-refractivity contribution in [1.29, 1.82) is 0 Å². The summed E-state index contributed by atoms with van der Waals surface area (Å²) in [5.74, 6) is -0.161. The van der Waals surface area contributed by atoms with Gasteiger partial charge in [0.05, 0.1) is 4.34 Å². The molecule has 3 rings (SSSR count). The Kier molecular flexibility index (Phi) is 5.89. The summed E-state index contributed by atoms with van der Waals surface area (Å²) < 4.78 is 6.36. The summed E-state index contributed by atoms with van der Waals surface area (Å²) in [6.07, 6.45) is -0.266. The van der Waals surface area contributed by atoms with Gasteiger partial charge in [-0.3, -0.25) is 0 Å². The van der Waals surface area contributed by atoms with Gasteiger partial charge in [0.2, 0.25) is 0 Å². The summed E-state index contributed by atoms with van der Waals surface area (Å²) in [7, 11) is 0. The zero-order chi connectivity index (χ0) is 14.8. The van der Waals surface area contributed by atoms with Crippen LogP contribution >= 0.6 is 22.9 Å². The van der Waals surface area contributed by atoms with E-state index in [0.717, 1.165) is 16.0 Å². The zero-order valence-corrected chi connectivity index (χ0v) is 15.4. The summed E-state index contributed by atoms with van der Waals surface area (Å²) in [6.45, 7) is 0. The predicted octanol–water partition coefficient (Wildman–Crippen LogP) is 0.625. The molecular weight excluding hydrogens is 331 g/mol. The molecule has 0 bridgehead atoms. The molecule has 0 radical (unpaired) electrons. The van der Waals surface area contributed by atoms with Crippen LogP contribution < -0.4 is 34.7 Å². The maximum absolute atomic E-state index is 10.9. The maximum atomic E-state index is 10.9. The fourth-order valence-corrected chi connectivity index (χ4v) is 3.18. The van der Waals surface area contributed by atoms with Gasteiger partial charge in [0.15, 0.2) is 0 Å². The molecule has 0 aliphatic heterocycles. The molecule has 3 aromatic rings. The molecule has 0 atom stereocenters. The Morgan fingerprint density at radius 1 is 1.18 bits per heavy atom. The first-order valence-corrected chi connectivity index (χ1v) is 7.46. The third kappa shape index (κ3) is 3.83. The molecule has 0 aliphatic carbocycles. The third-order valence-electron chi connectivity index (χ3n) is 3.01. The number of furan rings is 1. The number of carbonyl (C=O) groups excluding carboxylic acids is 1. The van der Waals surface area contributed by atoms with Gasteiger partial charge in [-0.2, -0.15) is 0 Å². The van der Waals surface area contributed by atoms with Gasteiger partial charge in [0, 0.05) is 28.4 Å². The number of carbonyl (C=O) groups is 1. The van der Waals surface area contributed by atoms with Crippen molar-refractivity contribution in [3.05, 3.63) is 58.6 Å². The average molecular weight is 341 g/mol. The van der Waals surface area contributed by atoms with Crippen molar-refractivity contribution < 1.29 is 43.9 Å². The van der Waals surface area contributed by atoms with E-state index in [1.807, 2.05) is 42.5 Å². The van der Waals surface area contributed by atoms with Crippen LogP contribution in [0.1, 0.15) is 5.76 Å². The van der Waals surface area contributed by atoms with Crippen molar-refractivity contribution in [2.45, 2.75) is 6.42 Å². The van der Waals surface area contributed by atoms with Crippen molar-refractivity contribution in [2.24, 2.45) is 0 Å². The number of benzene rings is 1. The Morgan fingerprint density at radius 3 is 2.50 bits per heavy atom. The Hall–Kier alpha value is -1.04. The van der Waals surface area contributed by atoms with Gasteiger partial charge in [-0.25, -0.2) is 0 Å². The van der Waals surface area contributed by atoms with Crippen LogP contribution in [0.3, 0.4) is 0 Å². The van der Waals surface area contributed by atoms with E-state index in [4.69, 9.17) is 16.0 Å². The van der Waals surface area contributed by atoms with Crippen molar-refractivity contribution in [3.63, 3.8) is 0 Å². The Morgan fingerprint density at radius 2 is 1.91 bits per heavy atom. The van der Waals surface area contributed by atoms with Crippen LogP contribution in [-0.2, 0) is 11.2 Å². The average Bonchev–Trinajstić information content (AvgIpc) is 3.05. The van der Waals surface area contributed by atoms with Crippen LogP contribution in [0.25, 0.3) is 21.8 Å².